The minimum absolute atomic E-state index is 0.127. The molecule has 0 fully saturated rings. The summed E-state index contributed by atoms with van der Waals surface area (Å²) in [6.07, 6.45) is -1.21. The minimum Gasteiger partial charge on any atom is -0.352 e. The van der Waals surface area contributed by atoms with Crippen LogP contribution in [0.1, 0.15) is 24.0 Å². The molecule has 19 heavy (non-hydrogen) atoms. The van der Waals surface area contributed by atoms with Gasteiger partial charge in [-0.3, -0.25) is 4.79 Å². The van der Waals surface area contributed by atoms with E-state index in [2.05, 4.69) is 5.32 Å². The Morgan fingerprint density at radius 1 is 1.37 bits per heavy atom. The van der Waals surface area contributed by atoms with Gasteiger partial charge in [-0.2, -0.15) is 24.9 Å². The summed E-state index contributed by atoms with van der Waals surface area (Å²) in [5, 5.41) is 2.62. The third-order valence-electron chi connectivity index (χ3n) is 2.50. The van der Waals surface area contributed by atoms with E-state index in [4.69, 9.17) is 0 Å². The Hall–Kier alpha value is -1.17. The number of rotatable bonds is 6. The molecular weight excluding hydrogens is 275 g/mol. The van der Waals surface area contributed by atoms with Crippen LogP contribution in [-0.4, -0.2) is 17.9 Å². The molecule has 1 amide bonds. The number of nitrogens with one attached hydrogen (secondary N) is 1. The number of carbonyl (C=O) groups excluding carboxylic acids is 1. The number of alkyl halides is 3. The Morgan fingerprint density at radius 2 is 2.11 bits per heavy atom. The molecule has 0 radical (unpaired) electrons. The molecule has 6 heteroatoms. The summed E-state index contributed by atoms with van der Waals surface area (Å²) >= 11 is 1.66. The molecule has 0 aromatic heterocycles. The molecule has 1 rings (SSSR count). The number of amides is 1. The molecule has 0 heterocycles. The third kappa shape index (κ3) is 6.00. The number of hydrogen-bond acceptors (Lipinski definition) is 2. The van der Waals surface area contributed by atoms with Crippen LogP contribution in [0.15, 0.2) is 24.3 Å². The molecule has 1 aromatic rings. The maximum Gasteiger partial charge on any atom is 0.416 e. The molecule has 1 N–H and O–H groups in total. The van der Waals surface area contributed by atoms with Crippen LogP contribution in [0.3, 0.4) is 0 Å². The van der Waals surface area contributed by atoms with Crippen molar-refractivity contribution in [3.8, 4) is 0 Å². The largest absolute Gasteiger partial charge is 0.416 e. The standard InChI is InChI=1S/C13H16F3NOS/c1-19-7-3-6-12(18)17-9-10-4-2-5-11(8-10)13(14,15)16/h2,4-5,8H,3,6-7,9H2,1H3,(H,17,18). The lowest BCUT2D eigenvalue weighted by Gasteiger charge is -2.09. The van der Waals surface area contributed by atoms with Gasteiger partial charge in [-0.15, -0.1) is 0 Å². The summed E-state index contributed by atoms with van der Waals surface area (Å²) < 4.78 is 37.4. The molecule has 0 unspecified atom stereocenters. The van der Waals surface area contributed by atoms with Gasteiger partial charge in [0.05, 0.1) is 5.56 Å². The number of thioether (sulfide) groups is 1. The van der Waals surface area contributed by atoms with Gasteiger partial charge < -0.3 is 5.32 Å². The van der Waals surface area contributed by atoms with Crippen molar-refractivity contribution in [1.82, 2.24) is 5.32 Å². The van der Waals surface area contributed by atoms with Gasteiger partial charge in [-0.05, 0) is 36.1 Å². The second kappa shape index (κ2) is 7.43. The molecule has 0 spiro atoms. The molecule has 0 saturated carbocycles. The van der Waals surface area contributed by atoms with Gasteiger partial charge in [0.25, 0.3) is 0 Å². The molecule has 0 aliphatic heterocycles. The van der Waals surface area contributed by atoms with Crippen molar-refractivity contribution in [1.29, 1.82) is 0 Å². The van der Waals surface area contributed by atoms with Crippen LogP contribution in [0.5, 0.6) is 0 Å². The Bertz CT molecular complexity index is 421. The fraction of sp³-hybridized carbons (Fsp3) is 0.462. The lowest BCUT2D eigenvalue weighted by molar-refractivity contribution is -0.137. The van der Waals surface area contributed by atoms with Gasteiger partial charge in [0.2, 0.25) is 5.91 Å². The van der Waals surface area contributed by atoms with Crippen LogP contribution in [0.4, 0.5) is 13.2 Å². The SMILES string of the molecule is CSCCCC(=O)NCc1cccc(C(F)(F)F)c1. The van der Waals surface area contributed by atoms with Gasteiger partial charge >= 0.3 is 6.18 Å². The van der Waals surface area contributed by atoms with Crippen LogP contribution in [0.2, 0.25) is 0 Å². The smallest absolute Gasteiger partial charge is 0.352 e. The molecule has 0 atom stereocenters. The van der Waals surface area contributed by atoms with E-state index in [1.165, 1.54) is 6.07 Å². The molecule has 0 aliphatic carbocycles. The van der Waals surface area contributed by atoms with Crippen molar-refractivity contribution in [2.24, 2.45) is 0 Å². The normalized spacial score (nSPS) is 11.4. The maximum atomic E-state index is 12.5. The summed E-state index contributed by atoms with van der Waals surface area (Å²) in [5.41, 5.74) is -0.241. The zero-order valence-corrected chi connectivity index (χ0v) is 11.4. The molecule has 1 aromatic carbocycles. The number of benzene rings is 1. The fourth-order valence-corrected chi connectivity index (χ4v) is 1.96. The Morgan fingerprint density at radius 3 is 2.74 bits per heavy atom. The number of halogens is 3. The van der Waals surface area contributed by atoms with E-state index < -0.39 is 11.7 Å². The van der Waals surface area contributed by atoms with E-state index >= 15 is 0 Å². The Labute approximate surface area is 114 Å². The Kier molecular flexibility index (Phi) is 6.21. The second-order valence-electron chi connectivity index (χ2n) is 4.07. The van der Waals surface area contributed by atoms with Crippen molar-refractivity contribution in [2.75, 3.05) is 12.0 Å². The summed E-state index contributed by atoms with van der Waals surface area (Å²) in [7, 11) is 0. The van der Waals surface area contributed by atoms with E-state index in [0.717, 1.165) is 24.3 Å². The number of hydrogen-bond donors (Lipinski definition) is 1. The summed E-state index contributed by atoms with van der Waals surface area (Å²) in [4.78, 5) is 11.4. The zero-order chi connectivity index (χ0) is 14.3. The minimum atomic E-state index is -4.35. The molecule has 0 bridgehead atoms. The Balaban J connectivity index is 2.47. The van der Waals surface area contributed by atoms with Crippen LogP contribution in [-0.2, 0) is 17.5 Å². The highest BCUT2D eigenvalue weighted by molar-refractivity contribution is 7.98. The molecule has 106 valence electrons. The van der Waals surface area contributed by atoms with Crippen molar-refractivity contribution >= 4 is 17.7 Å². The second-order valence-corrected chi connectivity index (χ2v) is 5.06. The molecule has 2 nitrogen and oxygen atoms in total. The first kappa shape index (κ1) is 15.9. The van der Waals surface area contributed by atoms with Crippen LogP contribution >= 0.6 is 11.8 Å². The average Bonchev–Trinajstić information content (AvgIpc) is 2.36. The van der Waals surface area contributed by atoms with Gasteiger partial charge in [-0.25, -0.2) is 0 Å². The van der Waals surface area contributed by atoms with E-state index in [0.29, 0.717) is 12.0 Å². The van der Waals surface area contributed by atoms with Gasteiger partial charge in [-0.1, -0.05) is 12.1 Å². The molecular formula is C13H16F3NOS. The lowest BCUT2D eigenvalue weighted by Crippen LogP contribution is -2.22. The van der Waals surface area contributed by atoms with Crippen molar-refractivity contribution in [2.45, 2.75) is 25.6 Å². The van der Waals surface area contributed by atoms with Crippen molar-refractivity contribution in [3.05, 3.63) is 35.4 Å². The van der Waals surface area contributed by atoms with Crippen LogP contribution in [0.25, 0.3) is 0 Å². The molecule has 0 aliphatic rings. The third-order valence-corrected chi connectivity index (χ3v) is 3.19. The van der Waals surface area contributed by atoms with E-state index in [-0.39, 0.29) is 12.5 Å². The van der Waals surface area contributed by atoms with Crippen molar-refractivity contribution in [3.63, 3.8) is 0 Å². The summed E-state index contributed by atoms with van der Waals surface area (Å²) in [5.74, 6) is 0.767. The van der Waals surface area contributed by atoms with Crippen LogP contribution < -0.4 is 5.32 Å². The highest BCUT2D eigenvalue weighted by atomic mass is 32.2. The van der Waals surface area contributed by atoms with E-state index in [1.54, 1.807) is 17.8 Å². The monoisotopic (exact) mass is 291 g/mol. The van der Waals surface area contributed by atoms with Gasteiger partial charge in [0.1, 0.15) is 0 Å². The van der Waals surface area contributed by atoms with E-state index in [1.807, 2.05) is 6.26 Å². The fourth-order valence-electron chi connectivity index (χ4n) is 1.52. The van der Waals surface area contributed by atoms with E-state index in [9.17, 15) is 18.0 Å². The predicted octanol–water partition coefficient (Wildman–Crippen LogP) is 3.46. The zero-order valence-electron chi connectivity index (χ0n) is 10.6. The highest BCUT2D eigenvalue weighted by Gasteiger charge is 2.30. The number of carbonyl (C=O) groups is 1. The molecule has 0 saturated heterocycles. The average molecular weight is 291 g/mol. The first-order valence-electron chi connectivity index (χ1n) is 5.85. The first-order chi connectivity index (χ1) is 8.93. The van der Waals surface area contributed by atoms with Gasteiger partial charge in [0, 0.05) is 13.0 Å². The first-order valence-corrected chi connectivity index (χ1v) is 7.24. The predicted molar refractivity (Wildman–Crippen MR) is 70.9 cm³/mol. The van der Waals surface area contributed by atoms with Crippen molar-refractivity contribution < 1.29 is 18.0 Å². The summed E-state index contributed by atoms with van der Waals surface area (Å²) in [6.45, 7) is 0.127. The summed E-state index contributed by atoms with van der Waals surface area (Å²) in [6, 6.07) is 4.99. The van der Waals surface area contributed by atoms with Gasteiger partial charge in [0.15, 0.2) is 0 Å². The maximum absolute atomic E-state index is 12.5. The highest BCUT2D eigenvalue weighted by Crippen LogP contribution is 2.29. The van der Waals surface area contributed by atoms with Crippen LogP contribution in [0, 0.1) is 0 Å². The quantitative estimate of drug-likeness (QED) is 0.813. The topological polar surface area (TPSA) is 29.1 Å². The lowest BCUT2D eigenvalue weighted by atomic mass is 10.1.